The van der Waals surface area contributed by atoms with Crippen LogP contribution in [0.15, 0.2) is 0 Å². The zero-order valence-electron chi connectivity index (χ0n) is 11.1. The molecule has 2 aliphatic rings. The monoisotopic (exact) mass is 240 g/mol. The first-order valence-corrected chi connectivity index (χ1v) is 6.68. The highest BCUT2D eigenvalue weighted by atomic mass is 16.6. The largest absolute Gasteiger partial charge is 0.444 e. The summed E-state index contributed by atoms with van der Waals surface area (Å²) in [6.07, 6.45) is 5.60. The van der Waals surface area contributed by atoms with E-state index in [4.69, 9.17) is 4.74 Å². The van der Waals surface area contributed by atoms with E-state index in [0.717, 1.165) is 12.8 Å². The van der Waals surface area contributed by atoms with Gasteiger partial charge in [-0.2, -0.15) is 0 Å². The maximum atomic E-state index is 11.7. The predicted octanol–water partition coefficient (Wildman–Crippen LogP) is 2.18. The minimum Gasteiger partial charge on any atom is -0.444 e. The number of amides is 1. The smallest absolute Gasteiger partial charge is 0.407 e. The molecule has 2 bridgehead atoms. The number of carbonyl (C=O) groups excluding carboxylic acids is 1. The molecule has 2 saturated heterocycles. The normalized spacial score (nSPS) is 33.0. The Kier molecular flexibility index (Phi) is 3.61. The van der Waals surface area contributed by atoms with Crippen LogP contribution in [-0.4, -0.2) is 29.8 Å². The van der Waals surface area contributed by atoms with E-state index >= 15 is 0 Å². The van der Waals surface area contributed by atoms with E-state index in [2.05, 4.69) is 10.6 Å². The number of carbonyl (C=O) groups is 1. The first-order chi connectivity index (χ1) is 7.92. The van der Waals surface area contributed by atoms with Gasteiger partial charge in [-0.05, 0) is 46.5 Å². The average Bonchev–Trinajstić information content (AvgIpc) is 2.13. The molecule has 0 aliphatic carbocycles. The third kappa shape index (κ3) is 3.87. The van der Waals surface area contributed by atoms with Crippen LogP contribution in [0.2, 0.25) is 0 Å². The molecule has 1 unspecified atom stereocenters. The van der Waals surface area contributed by atoms with Gasteiger partial charge in [-0.25, -0.2) is 4.79 Å². The SMILES string of the molecule is CC(C)(C)OC(=O)NC1C[C@H]2CCC[C@@H](C1)N2. The van der Waals surface area contributed by atoms with Gasteiger partial charge >= 0.3 is 6.09 Å². The summed E-state index contributed by atoms with van der Waals surface area (Å²) in [4.78, 5) is 11.7. The van der Waals surface area contributed by atoms with Crippen LogP contribution in [0.4, 0.5) is 4.79 Å². The Labute approximate surface area is 103 Å². The van der Waals surface area contributed by atoms with E-state index in [1.165, 1.54) is 19.3 Å². The standard InChI is InChI=1S/C13H24N2O2/c1-13(2,3)17-12(16)15-11-7-9-5-4-6-10(8-11)14-9/h9-11,14H,4-8H2,1-3H3,(H,15,16)/t9-,10+,11?. The van der Waals surface area contributed by atoms with Gasteiger partial charge in [-0.1, -0.05) is 6.42 Å². The van der Waals surface area contributed by atoms with Crippen molar-refractivity contribution in [2.75, 3.05) is 0 Å². The van der Waals surface area contributed by atoms with Gasteiger partial charge in [0.25, 0.3) is 0 Å². The molecule has 2 aliphatic heterocycles. The number of hydrogen-bond acceptors (Lipinski definition) is 3. The van der Waals surface area contributed by atoms with Crippen molar-refractivity contribution in [3.05, 3.63) is 0 Å². The number of hydrogen-bond donors (Lipinski definition) is 2. The summed E-state index contributed by atoms with van der Waals surface area (Å²) in [5.74, 6) is 0. The van der Waals surface area contributed by atoms with Crippen LogP contribution in [0.5, 0.6) is 0 Å². The molecule has 0 aromatic heterocycles. The van der Waals surface area contributed by atoms with Crippen LogP contribution < -0.4 is 10.6 Å². The molecular weight excluding hydrogens is 216 g/mol. The lowest BCUT2D eigenvalue weighted by molar-refractivity contribution is 0.0474. The summed E-state index contributed by atoms with van der Waals surface area (Å²) in [7, 11) is 0. The Morgan fingerprint density at radius 1 is 1.24 bits per heavy atom. The highest BCUT2D eigenvalue weighted by Gasteiger charge is 2.32. The van der Waals surface area contributed by atoms with E-state index in [0.29, 0.717) is 12.1 Å². The second kappa shape index (κ2) is 4.84. The highest BCUT2D eigenvalue weighted by Crippen LogP contribution is 2.25. The highest BCUT2D eigenvalue weighted by molar-refractivity contribution is 5.68. The lowest BCUT2D eigenvalue weighted by Gasteiger charge is -2.40. The van der Waals surface area contributed by atoms with Crippen molar-refractivity contribution in [3.8, 4) is 0 Å². The topological polar surface area (TPSA) is 50.4 Å². The zero-order chi connectivity index (χ0) is 12.5. The molecule has 4 nitrogen and oxygen atoms in total. The maximum absolute atomic E-state index is 11.7. The van der Waals surface area contributed by atoms with Gasteiger partial charge in [-0.3, -0.25) is 0 Å². The minimum atomic E-state index is -0.410. The van der Waals surface area contributed by atoms with Crippen molar-refractivity contribution in [1.82, 2.24) is 10.6 Å². The zero-order valence-corrected chi connectivity index (χ0v) is 11.1. The second-order valence-corrected chi connectivity index (χ2v) is 6.31. The van der Waals surface area contributed by atoms with Crippen LogP contribution in [-0.2, 0) is 4.74 Å². The Bertz CT molecular complexity index is 274. The van der Waals surface area contributed by atoms with E-state index < -0.39 is 5.60 Å². The van der Waals surface area contributed by atoms with E-state index in [-0.39, 0.29) is 12.1 Å². The molecule has 2 fully saturated rings. The Morgan fingerprint density at radius 2 is 1.82 bits per heavy atom. The fourth-order valence-corrected chi connectivity index (χ4v) is 2.86. The first-order valence-electron chi connectivity index (χ1n) is 6.68. The van der Waals surface area contributed by atoms with Crippen molar-refractivity contribution >= 4 is 6.09 Å². The molecule has 98 valence electrons. The molecule has 4 heteroatoms. The molecule has 0 spiro atoms. The molecule has 1 amide bonds. The summed E-state index contributed by atoms with van der Waals surface area (Å²) < 4.78 is 5.29. The minimum absolute atomic E-state index is 0.275. The number of ether oxygens (including phenoxy) is 1. The van der Waals surface area contributed by atoms with Gasteiger partial charge in [0.2, 0.25) is 0 Å². The van der Waals surface area contributed by atoms with Crippen molar-refractivity contribution in [2.24, 2.45) is 0 Å². The summed E-state index contributed by atoms with van der Waals surface area (Å²) in [5.41, 5.74) is -0.410. The molecule has 0 aromatic rings. The lowest BCUT2D eigenvalue weighted by atomic mass is 9.84. The molecule has 0 radical (unpaired) electrons. The van der Waals surface area contributed by atoms with Crippen LogP contribution in [0.25, 0.3) is 0 Å². The number of fused-ring (bicyclic) bond motifs is 2. The molecule has 2 N–H and O–H groups in total. The average molecular weight is 240 g/mol. The van der Waals surface area contributed by atoms with Gasteiger partial charge in [0.15, 0.2) is 0 Å². The fraction of sp³-hybridized carbons (Fsp3) is 0.923. The van der Waals surface area contributed by atoms with E-state index in [1.54, 1.807) is 0 Å². The second-order valence-electron chi connectivity index (χ2n) is 6.31. The third-order valence-electron chi connectivity index (χ3n) is 3.44. The third-order valence-corrected chi connectivity index (χ3v) is 3.44. The van der Waals surface area contributed by atoms with Crippen LogP contribution in [0, 0.1) is 0 Å². The Hall–Kier alpha value is -0.770. The fourth-order valence-electron chi connectivity index (χ4n) is 2.86. The predicted molar refractivity (Wildman–Crippen MR) is 67.0 cm³/mol. The molecule has 0 aromatic carbocycles. The van der Waals surface area contributed by atoms with Crippen molar-refractivity contribution in [2.45, 2.75) is 76.6 Å². The molecule has 0 saturated carbocycles. The number of rotatable bonds is 1. The van der Waals surface area contributed by atoms with Crippen molar-refractivity contribution in [3.63, 3.8) is 0 Å². The van der Waals surface area contributed by atoms with Gasteiger partial charge in [0, 0.05) is 18.1 Å². The molecule has 2 heterocycles. The maximum Gasteiger partial charge on any atom is 0.407 e. The van der Waals surface area contributed by atoms with Gasteiger partial charge < -0.3 is 15.4 Å². The first kappa shape index (κ1) is 12.7. The molecular formula is C13H24N2O2. The van der Waals surface area contributed by atoms with E-state index in [1.807, 2.05) is 20.8 Å². The quantitative estimate of drug-likeness (QED) is 0.738. The van der Waals surface area contributed by atoms with Crippen LogP contribution >= 0.6 is 0 Å². The molecule has 3 atom stereocenters. The van der Waals surface area contributed by atoms with Crippen LogP contribution in [0.3, 0.4) is 0 Å². The number of nitrogens with one attached hydrogen (secondary N) is 2. The number of piperidine rings is 2. The molecule has 2 rings (SSSR count). The lowest BCUT2D eigenvalue weighted by Crippen LogP contribution is -2.55. The number of alkyl carbamates (subject to hydrolysis) is 1. The van der Waals surface area contributed by atoms with Crippen molar-refractivity contribution in [1.29, 1.82) is 0 Å². The van der Waals surface area contributed by atoms with Gasteiger partial charge in [0.05, 0.1) is 0 Å². The van der Waals surface area contributed by atoms with Crippen LogP contribution in [0.1, 0.15) is 52.9 Å². The summed E-state index contributed by atoms with van der Waals surface area (Å²) in [5, 5.41) is 6.61. The van der Waals surface area contributed by atoms with E-state index in [9.17, 15) is 4.79 Å². The summed E-state index contributed by atoms with van der Waals surface area (Å²) in [6.45, 7) is 5.68. The van der Waals surface area contributed by atoms with Gasteiger partial charge in [-0.15, -0.1) is 0 Å². The summed E-state index contributed by atoms with van der Waals surface area (Å²) >= 11 is 0. The Balaban J connectivity index is 1.81. The van der Waals surface area contributed by atoms with Crippen molar-refractivity contribution < 1.29 is 9.53 Å². The Morgan fingerprint density at radius 3 is 2.35 bits per heavy atom. The summed E-state index contributed by atoms with van der Waals surface area (Å²) in [6, 6.07) is 1.45. The van der Waals surface area contributed by atoms with Gasteiger partial charge in [0.1, 0.15) is 5.60 Å². The molecule has 17 heavy (non-hydrogen) atoms.